The van der Waals surface area contributed by atoms with Gasteiger partial charge in [0.15, 0.2) is 0 Å². The van der Waals surface area contributed by atoms with E-state index < -0.39 is 10.8 Å². The highest BCUT2D eigenvalue weighted by Crippen LogP contribution is 2.35. The highest BCUT2D eigenvalue weighted by molar-refractivity contribution is 7.86. The fourth-order valence-electron chi connectivity index (χ4n) is 3.81. The third kappa shape index (κ3) is 2.46. The van der Waals surface area contributed by atoms with Gasteiger partial charge in [0.25, 0.3) is 0 Å². The molecule has 3 atom stereocenters. The molecular weight excluding hydrogens is 276 g/mol. The molecule has 2 heterocycles. The number of rotatable bonds is 2. The van der Waals surface area contributed by atoms with Crippen LogP contribution in [0.3, 0.4) is 0 Å². The molecular formula is C19H20OS. The molecule has 4 rings (SSSR count). The summed E-state index contributed by atoms with van der Waals surface area (Å²) in [6.45, 7) is 0. The normalized spacial score (nSPS) is 28.4. The first-order chi connectivity index (χ1) is 10.3. The maximum absolute atomic E-state index is 12.3. The van der Waals surface area contributed by atoms with Gasteiger partial charge >= 0.3 is 0 Å². The van der Waals surface area contributed by atoms with Crippen LogP contribution >= 0.6 is 0 Å². The van der Waals surface area contributed by atoms with Crippen LogP contribution in [0.5, 0.6) is 0 Å². The first-order valence-corrected chi connectivity index (χ1v) is 9.14. The number of benzene rings is 2. The molecule has 3 unspecified atom stereocenters. The molecule has 2 aliphatic rings. The molecule has 1 saturated heterocycles. The van der Waals surface area contributed by atoms with Crippen LogP contribution in [0, 0.1) is 0 Å². The van der Waals surface area contributed by atoms with Crippen LogP contribution in [0.15, 0.2) is 54.1 Å². The fourth-order valence-corrected chi connectivity index (χ4v) is 5.80. The summed E-state index contributed by atoms with van der Waals surface area (Å²) in [6, 6.07) is 15.2. The minimum atomic E-state index is -0.618. The van der Waals surface area contributed by atoms with Crippen molar-refractivity contribution >= 4 is 21.6 Å². The van der Waals surface area contributed by atoms with Crippen molar-refractivity contribution in [3.63, 3.8) is 0 Å². The Kier molecular flexibility index (Phi) is 3.42. The first kappa shape index (κ1) is 13.3. The average molecular weight is 296 g/mol. The van der Waals surface area contributed by atoms with E-state index in [4.69, 9.17) is 0 Å². The highest BCUT2D eigenvalue weighted by atomic mass is 32.2. The lowest BCUT2D eigenvalue weighted by molar-refractivity contribution is 0.563. The molecule has 2 aliphatic heterocycles. The SMILES string of the molecule is O=S1C2C=C(Cc3cccc4ccccc34)CC1CCC2. The van der Waals surface area contributed by atoms with Crippen molar-refractivity contribution < 1.29 is 4.21 Å². The smallest absolute Gasteiger partial charge is 0.0533 e. The second kappa shape index (κ2) is 5.42. The number of hydrogen-bond acceptors (Lipinski definition) is 1. The van der Waals surface area contributed by atoms with Gasteiger partial charge in [0, 0.05) is 16.0 Å². The zero-order valence-electron chi connectivity index (χ0n) is 12.1. The summed E-state index contributed by atoms with van der Waals surface area (Å²) < 4.78 is 12.3. The molecule has 0 spiro atoms. The van der Waals surface area contributed by atoms with Crippen LogP contribution in [0.4, 0.5) is 0 Å². The number of allylic oxidation sites excluding steroid dienone is 1. The Labute approximate surface area is 128 Å². The van der Waals surface area contributed by atoms with Crippen LogP contribution in [0.1, 0.15) is 31.2 Å². The zero-order chi connectivity index (χ0) is 14.2. The summed E-state index contributed by atoms with van der Waals surface area (Å²) in [5.41, 5.74) is 2.91. The van der Waals surface area contributed by atoms with Crippen LogP contribution in [0.2, 0.25) is 0 Å². The molecule has 2 aromatic rings. The van der Waals surface area contributed by atoms with Crippen LogP contribution < -0.4 is 0 Å². The quantitative estimate of drug-likeness (QED) is 0.752. The predicted molar refractivity (Wildman–Crippen MR) is 89.9 cm³/mol. The molecule has 0 amide bonds. The lowest BCUT2D eigenvalue weighted by Gasteiger charge is -2.33. The standard InChI is InChI=1S/C19H20OS/c20-21-17-8-4-9-18(21)13-14(12-17)11-16-7-3-6-15-5-1-2-10-19(15)16/h1-3,5-7,10,12,17-18H,4,8-9,11,13H2. The lowest BCUT2D eigenvalue weighted by Crippen LogP contribution is -2.34. The van der Waals surface area contributed by atoms with Crippen LogP contribution in [0.25, 0.3) is 10.8 Å². The fraction of sp³-hybridized carbons (Fsp3) is 0.368. The van der Waals surface area contributed by atoms with Gasteiger partial charge < -0.3 is 0 Å². The molecule has 1 fully saturated rings. The Hall–Kier alpha value is -1.41. The van der Waals surface area contributed by atoms with Gasteiger partial charge in [-0.3, -0.25) is 4.21 Å². The second-order valence-electron chi connectivity index (χ2n) is 6.26. The lowest BCUT2D eigenvalue weighted by atomic mass is 9.92. The minimum absolute atomic E-state index is 0.322. The summed E-state index contributed by atoms with van der Waals surface area (Å²) in [6.07, 6.45) is 7.89. The van der Waals surface area contributed by atoms with Gasteiger partial charge in [-0.2, -0.15) is 0 Å². The summed E-state index contributed by atoms with van der Waals surface area (Å²) in [5, 5.41) is 3.41. The Morgan fingerprint density at radius 1 is 1.05 bits per heavy atom. The zero-order valence-corrected chi connectivity index (χ0v) is 12.9. The van der Waals surface area contributed by atoms with Crippen LogP contribution in [-0.4, -0.2) is 14.7 Å². The Balaban J connectivity index is 1.68. The third-order valence-corrected chi connectivity index (χ3v) is 6.88. The molecule has 0 saturated carbocycles. The van der Waals surface area contributed by atoms with Gasteiger partial charge in [-0.1, -0.05) is 60.5 Å². The predicted octanol–water partition coefficient (Wildman–Crippen LogP) is 4.38. The Bertz CT molecular complexity index is 726. The Morgan fingerprint density at radius 2 is 1.90 bits per heavy atom. The average Bonchev–Trinajstić information content (AvgIpc) is 2.49. The molecule has 0 radical (unpaired) electrons. The van der Waals surface area contributed by atoms with Crippen molar-refractivity contribution in [1.82, 2.24) is 0 Å². The van der Waals surface area contributed by atoms with Crippen molar-refractivity contribution in [3.8, 4) is 0 Å². The van der Waals surface area contributed by atoms with Gasteiger partial charge in [-0.05, 0) is 42.0 Å². The highest BCUT2D eigenvalue weighted by Gasteiger charge is 2.33. The van der Waals surface area contributed by atoms with E-state index in [0.29, 0.717) is 10.5 Å². The molecule has 2 heteroatoms. The summed E-state index contributed by atoms with van der Waals surface area (Å²) in [7, 11) is -0.618. The van der Waals surface area contributed by atoms with Crippen LogP contribution in [-0.2, 0) is 17.2 Å². The van der Waals surface area contributed by atoms with E-state index in [1.54, 1.807) is 0 Å². The van der Waals surface area contributed by atoms with Crippen molar-refractivity contribution in [2.75, 3.05) is 0 Å². The van der Waals surface area contributed by atoms with E-state index in [2.05, 4.69) is 48.5 Å². The topological polar surface area (TPSA) is 17.1 Å². The maximum Gasteiger partial charge on any atom is 0.0533 e. The minimum Gasteiger partial charge on any atom is -0.259 e. The monoisotopic (exact) mass is 296 g/mol. The van der Waals surface area contributed by atoms with Gasteiger partial charge in [0.1, 0.15) is 0 Å². The molecule has 0 N–H and O–H groups in total. The van der Waals surface area contributed by atoms with Crippen molar-refractivity contribution in [2.45, 2.75) is 42.6 Å². The van der Waals surface area contributed by atoms with E-state index in [-0.39, 0.29) is 0 Å². The third-order valence-electron chi connectivity index (χ3n) is 4.85. The van der Waals surface area contributed by atoms with Gasteiger partial charge in [0.2, 0.25) is 0 Å². The molecule has 0 aliphatic carbocycles. The summed E-state index contributed by atoms with van der Waals surface area (Å²) in [5.74, 6) is 0. The summed E-state index contributed by atoms with van der Waals surface area (Å²) in [4.78, 5) is 0. The molecule has 1 nitrogen and oxygen atoms in total. The summed E-state index contributed by atoms with van der Waals surface area (Å²) >= 11 is 0. The van der Waals surface area contributed by atoms with E-state index in [1.165, 1.54) is 28.3 Å². The molecule has 108 valence electrons. The van der Waals surface area contributed by atoms with Crippen molar-refractivity contribution in [3.05, 3.63) is 59.7 Å². The number of hydrogen-bond donors (Lipinski definition) is 0. The molecule has 0 aromatic heterocycles. The maximum atomic E-state index is 12.3. The largest absolute Gasteiger partial charge is 0.259 e. The van der Waals surface area contributed by atoms with Gasteiger partial charge in [-0.25, -0.2) is 0 Å². The van der Waals surface area contributed by atoms with Crippen molar-refractivity contribution in [1.29, 1.82) is 0 Å². The van der Waals surface area contributed by atoms with E-state index in [0.717, 1.165) is 25.7 Å². The molecule has 21 heavy (non-hydrogen) atoms. The van der Waals surface area contributed by atoms with Crippen molar-refractivity contribution in [2.24, 2.45) is 0 Å². The van der Waals surface area contributed by atoms with E-state index in [1.807, 2.05) is 0 Å². The second-order valence-corrected chi connectivity index (χ2v) is 8.19. The Morgan fingerprint density at radius 3 is 2.81 bits per heavy atom. The molecule has 2 aromatic carbocycles. The van der Waals surface area contributed by atoms with E-state index in [9.17, 15) is 4.21 Å². The van der Waals surface area contributed by atoms with E-state index >= 15 is 0 Å². The van der Waals surface area contributed by atoms with Gasteiger partial charge in [-0.15, -0.1) is 0 Å². The molecule has 2 bridgehead atoms. The van der Waals surface area contributed by atoms with Gasteiger partial charge in [0.05, 0.1) is 5.25 Å². The first-order valence-electron chi connectivity index (χ1n) is 7.87. The number of fused-ring (bicyclic) bond motifs is 3.